The molecule has 7 heteroatoms. The average Bonchev–Trinajstić information content (AvgIpc) is 2.25. The number of carbonyl (C=O) groups is 1. The number of ether oxygens (including phenoxy) is 1. The lowest BCUT2D eigenvalue weighted by molar-refractivity contribution is -0.142. The van der Waals surface area contributed by atoms with Crippen molar-refractivity contribution in [2.45, 2.75) is 19.8 Å². The Labute approximate surface area is 105 Å². The van der Waals surface area contributed by atoms with E-state index in [0.717, 1.165) is 0 Å². The van der Waals surface area contributed by atoms with Crippen LogP contribution in [0.5, 0.6) is 0 Å². The fourth-order valence-electron chi connectivity index (χ4n) is 1.22. The minimum atomic E-state index is -2.75. The summed E-state index contributed by atoms with van der Waals surface area (Å²) in [5.41, 5.74) is 5.27. The largest absolute Gasteiger partial charge is 0.466 e. The molecule has 1 aromatic heterocycles. The Morgan fingerprint density at radius 3 is 2.82 bits per heavy atom. The summed E-state index contributed by atoms with van der Waals surface area (Å²) in [7, 11) is 0. The first-order valence-electron chi connectivity index (χ1n) is 4.83. The van der Waals surface area contributed by atoms with Crippen molar-refractivity contribution in [3.63, 3.8) is 0 Å². The number of nitrogens with two attached hydrogens (primary N) is 1. The number of anilines is 1. The van der Waals surface area contributed by atoms with Crippen molar-refractivity contribution in [1.82, 2.24) is 4.98 Å². The Bertz CT molecular complexity index is 427. The van der Waals surface area contributed by atoms with Gasteiger partial charge in [-0.2, -0.15) is 0 Å². The fourth-order valence-corrected chi connectivity index (χ4v) is 1.67. The average molecular weight is 309 g/mol. The zero-order chi connectivity index (χ0) is 13.0. The van der Waals surface area contributed by atoms with Crippen LogP contribution >= 0.6 is 15.9 Å². The predicted octanol–water partition coefficient (Wildman–Crippen LogP) is 2.47. The molecule has 0 amide bonds. The highest BCUT2D eigenvalue weighted by atomic mass is 79.9. The smallest absolute Gasteiger partial charge is 0.310 e. The van der Waals surface area contributed by atoms with Crippen molar-refractivity contribution in [1.29, 1.82) is 0 Å². The van der Waals surface area contributed by atoms with Crippen molar-refractivity contribution in [3.05, 3.63) is 21.9 Å². The minimum absolute atomic E-state index is 0.0604. The predicted molar refractivity (Wildman–Crippen MR) is 61.6 cm³/mol. The molecule has 0 aromatic carbocycles. The van der Waals surface area contributed by atoms with E-state index in [1.54, 1.807) is 6.92 Å². The third kappa shape index (κ3) is 3.36. The number of halogens is 3. The maximum atomic E-state index is 12.5. The summed E-state index contributed by atoms with van der Waals surface area (Å²) in [6.45, 7) is 1.94. The number of pyridine rings is 1. The molecule has 0 saturated carbocycles. The van der Waals surface area contributed by atoms with E-state index in [2.05, 4.69) is 20.9 Å². The number of esters is 1. The number of rotatable bonds is 4. The van der Waals surface area contributed by atoms with Gasteiger partial charge in [0.2, 0.25) is 0 Å². The highest BCUT2D eigenvalue weighted by molar-refractivity contribution is 9.10. The zero-order valence-corrected chi connectivity index (χ0v) is 10.6. The second-order valence-corrected chi connectivity index (χ2v) is 3.97. The molecule has 0 unspecified atom stereocenters. The Balaban J connectivity index is 2.96. The quantitative estimate of drug-likeness (QED) is 0.868. The maximum absolute atomic E-state index is 12.5. The van der Waals surface area contributed by atoms with E-state index >= 15 is 0 Å². The van der Waals surface area contributed by atoms with Gasteiger partial charge in [0, 0.05) is 10.7 Å². The molecule has 0 radical (unpaired) electrons. The van der Waals surface area contributed by atoms with Crippen molar-refractivity contribution in [2.24, 2.45) is 0 Å². The zero-order valence-electron chi connectivity index (χ0n) is 9.04. The summed E-state index contributed by atoms with van der Waals surface area (Å²) in [4.78, 5) is 14.8. The molecule has 1 heterocycles. The SMILES string of the molecule is CCOC(=O)Cc1cnc(C(F)F)c(N)c1Br. The molecule has 1 rings (SSSR count). The van der Waals surface area contributed by atoms with Gasteiger partial charge in [-0.3, -0.25) is 9.78 Å². The van der Waals surface area contributed by atoms with Crippen molar-refractivity contribution < 1.29 is 18.3 Å². The summed E-state index contributed by atoms with van der Waals surface area (Å²) >= 11 is 3.07. The molecule has 0 saturated heterocycles. The van der Waals surface area contributed by atoms with Gasteiger partial charge < -0.3 is 10.5 Å². The Hall–Kier alpha value is -1.24. The summed E-state index contributed by atoms with van der Waals surface area (Å²) in [6.07, 6.45) is -1.61. The van der Waals surface area contributed by atoms with Gasteiger partial charge in [0.15, 0.2) is 0 Å². The van der Waals surface area contributed by atoms with Crippen molar-refractivity contribution >= 4 is 27.6 Å². The molecule has 4 nitrogen and oxygen atoms in total. The van der Waals surface area contributed by atoms with Crippen molar-refractivity contribution in [3.8, 4) is 0 Å². The van der Waals surface area contributed by atoms with E-state index in [1.807, 2.05) is 0 Å². The van der Waals surface area contributed by atoms with Crippen LogP contribution in [0.15, 0.2) is 10.7 Å². The second-order valence-electron chi connectivity index (χ2n) is 3.18. The van der Waals surface area contributed by atoms with Gasteiger partial charge in [-0.05, 0) is 28.4 Å². The van der Waals surface area contributed by atoms with E-state index in [1.165, 1.54) is 6.20 Å². The molecule has 1 aromatic rings. The van der Waals surface area contributed by atoms with Crippen LogP contribution in [0.25, 0.3) is 0 Å². The van der Waals surface area contributed by atoms with Gasteiger partial charge in [-0.15, -0.1) is 0 Å². The number of carbonyl (C=O) groups excluding carboxylic acids is 1. The van der Waals surface area contributed by atoms with Crippen LogP contribution < -0.4 is 5.73 Å². The fraction of sp³-hybridized carbons (Fsp3) is 0.400. The summed E-state index contributed by atoms with van der Waals surface area (Å²) in [6, 6.07) is 0. The van der Waals surface area contributed by atoms with Gasteiger partial charge in [-0.1, -0.05) is 0 Å². The van der Waals surface area contributed by atoms with Gasteiger partial charge in [-0.25, -0.2) is 8.78 Å². The van der Waals surface area contributed by atoms with E-state index in [9.17, 15) is 13.6 Å². The molecule has 17 heavy (non-hydrogen) atoms. The Morgan fingerprint density at radius 2 is 2.29 bits per heavy atom. The molecular formula is C10H11BrF2N2O2. The van der Waals surface area contributed by atoms with Crippen LogP contribution in [-0.4, -0.2) is 17.6 Å². The van der Waals surface area contributed by atoms with Crippen LogP contribution in [-0.2, 0) is 16.0 Å². The lowest BCUT2D eigenvalue weighted by atomic mass is 10.1. The lowest BCUT2D eigenvalue weighted by Gasteiger charge is -2.10. The lowest BCUT2D eigenvalue weighted by Crippen LogP contribution is -2.10. The van der Waals surface area contributed by atoms with Crippen LogP contribution in [0.2, 0.25) is 0 Å². The topological polar surface area (TPSA) is 65.2 Å². The molecule has 0 bridgehead atoms. The first-order chi connectivity index (χ1) is 7.97. The second kappa shape index (κ2) is 5.90. The van der Waals surface area contributed by atoms with Gasteiger partial charge in [0.05, 0.1) is 18.7 Å². The van der Waals surface area contributed by atoms with Crippen LogP contribution in [0, 0.1) is 0 Å². The van der Waals surface area contributed by atoms with E-state index in [0.29, 0.717) is 5.56 Å². The molecule has 0 atom stereocenters. The Kier molecular flexibility index (Phi) is 4.80. The normalized spacial score (nSPS) is 10.6. The first-order valence-corrected chi connectivity index (χ1v) is 5.63. The van der Waals surface area contributed by atoms with E-state index < -0.39 is 18.1 Å². The summed E-state index contributed by atoms with van der Waals surface area (Å²) < 4.78 is 29.9. The van der Waals surface area contributed by atoms with Gasteiger partial charge in [0.1, 0.15) is 5.69 Å². The first kappa shape index (κ1) is 13.8. The van der Waals surface area contributed by atoms with Crippen molar-refractivity contribution in [2.75, 3.05) is 12.3 Å². The minimum Gasteiger partial charge on any atom is -0.466 e. The summed E-state index contributed by atoms with van der Waals surface area (Å²) in [5.74, 6) is -0.459. The number of alkyl halides is 2. The standard InChI is InChI=1S/C10H11BrF2N2O2/c1-2-17-6(16)3-5-4-15-9(10(12)13)8(14)7(5)11/h4,10H,2-3,14H2,1H3. The molecule has 0 aliphatic rings. The number of nitrogen functional groups attached to an aromatic ring is 1. The molecule has 0 aliphatic heterocycles. The van der Waals surface area contributed by atoms with Crippen LogP contribution in [0.1, 0.15) is 24.6 Å². The van der Waals surface area contributed by atoms with Gasteiger partial charge >= 0.3 is 5.97 Å². The molecule has 94 valence electrons. The number of aromatic nitrogens is 1. The highest BCUT2D eigenvalue weighted by Gasteiger charge is 2.18. The summed E-state index contributed by atoms with van der Waals surface area (Å²) in [5, 5.41) is 0. The number of nitrogens with zero attached hydrogens (tertiary/aromatic N) is 1. The van der Waals surface area contributed by atoms with Crippen LogP contribution in [0.3, 0.4) is 0 Å². The molecule has 0 spiro atoms. The third-order valence-corrected chi connectivity index (χ3v) is 2.94. The Morgan fingerprint density at radius 1 is 1.65 bits per heavy atom. The maximum Gasteiger partial charge on any atom is 0.310 e. The van der Waals surface area contributed by atoms with Gasteiger partial charge in [0.25, 0.3) is 6.43 Å². The monoisotopic (exact) mass is 308 g/mol. The highest BCUT2D eigenvalue weighted by Crippen LogP contribution is 2.31. The van der Waals surface area contributed by atoms with E-state index in [-0.39, 0.29) is 23.2 Å². The molecular weight excluding hydrogens is 298 g/mol. The van der Waals surface area contributed by atoms with E-state index in [4.69, 9.17) is 10.5 Å². The molecule has 2 N–H and O–H groups in total. The third-order valence-electron chi connectivity index (χ3n) is 2.00. The molecule has 0 fully saturated rings. The van der Waals surface area contributed by atoms with Crippen LogP contribution in [0.4, 0.5) is 14.5 Å². The molecule has 0 aliphatic carbocycles. The number of hydrogen-bond acceptors (Lipinski definition) is 4. The number of hydrogen-bond donors (Lipinski definition) is 1.